The first-order valence-corrected chi connectivity index (χ1v) is 16.4. The molecular weight excluding hydrogens is 618 g/mol. The Morgan fingerprint density at radius 2 is 1.74 bits per heavy atom. The average molecular weight is 661 g/mol. The molecule has 2 fully saturated rings. The van der Waals surface area contributed by atoms with E-state index < -0.39 is 18.9 Å². The number of hydrogen-bond acceptors (Lipinski definition) is 10. The number of hydrogen-bond donors (Lipinski definition) is 3. The fraction of sp³-hybridized carbons (Fsp3) is 0.424. The quantitative estimate of drug-likeness (QED) is 0.213. The van der Waals surface area contributed by atoms with Crippen LogP contribution in [0.25, 0.3) is 11.3 Å². The molecule has 4 heterocycles. The van der Waals surface area contributed by atoms with Gasteiger partial charge in [0.2, 0.25) is 11.8 Å². The topological polar surface area (TPSA) is 182 Å². The van der Waals surface area contributed by atoms with Gasteiger partial charge in [-0.25, -0.2) is 14.8 Å². The predicted molar refractivity (Wildman–Crippen MR) is 178 cm³/mol. The van der Waals surface area contributed by atoms with Crippen molar-refractivity contribution < 1.29 is 23.6 Å². The molecular formula is C33H39N9O4S. The van der Waals surface area contributed by atoms with Crippen LogP contribution < -0.4 is 11.1 Å². The first-order chi connectivity index (χ1) is 23.9. The highest BCUT2D eigenvalue weighted by atomic mass is 32.2. The summed E-state index contributed by atoms with van der Waals surface area (Å²) in [5, 5.41) is 21.6. The minimum Gasteiger partial charge on any atom is -0.465 e. The number of aryl methyl sites for hydroxylation is 1. The number of benzene rings is 1. The van der Waals surface area contributed by atoms with Gasteiger partial charge in [0, 0.05) is 85.9 Å². The van der Waals surface area contributed by atoms with Gasteiger partial charge in [0.15, 0.2) is 5.16 Å². The van der Waals surface area contributed by atoms with E-state index in [0.717, 1.165) is 43.9 Å². The van der Waals surface area contributed by atoms with Crippen molar-refractivity contribution >= 4 is 41.2 Å². The SMILES string of the molecule is [2H]C([2H])([2H])C(=O)Nc1ccc(-c2nc(SCc3cccc(CCC(=O)N4CCN(CC5CCN(C(=O)O)CC5)CC4)n3)nc(N)c2C#N)cc1. The first-order valence-electron chi connectivity index (χ1n) is 16.9. The van der Waals surface area contributed by atoms with Gasteiger partial charge in [-0.3, -0.25) is 19.5 Å². The lowest BCUT2D eigenvalue weighted by molar-refractivity contribution is -0.133. The number of nitrogens with zero attached hydrogens (tertiary/aromatic N) is 7. The van der Waals surface area contributed by atoms with Crippen LogP contribution in [0, 0.1) is 17.2 Å². The number of amides is 3. The van der Waals surface area contributed by atoms with Gasteiger partial charge in [-0.15, -0.1) is 0 Å². The van der Waals surface area contributed by atoms with E-state index >= 15 is 0 Å². The maximum atomic E-state index is 13.0. The van der Waals surface area contributed by atoms with Crippen molar-refractivity contribution in [3.63, 3.8) is 0 Å². The number of rotatable bonds is 10. The molecule has 246 valence electrons. The Bertz CT molecular complexity index is 1740. The Kier molecular flexibility index (Phi) is 9.91. The van der Waals surface area contributed by atoms with E-state index in [2.05, 4.69) is 20.2 Å². The summed E-state index contributed by atoms with van der Waals surface area (Å²) in [6.07, 6.45) is 1.77. The number of thioether (sulfide) groups is 1. The molecule has 0 unspecified atom stereocenters. The number of nitrogen functional groups attached to an aromatic ring is 1. The van der Waals surface area contributed by atoms with Gasteiger partial charge in [-0.05, 0) is 49.4 Å². The maximum absolute atomic E-state index is 13.0. The number of aromatic nitrogens is 3. The number of pyridine rings is 1. The Balaban J connectivity index is 1.11. The van der Waals surface area contributed by atoms with Gasteiger partial charge in [0.25, 0.3) is 0 Å². The van der Waals surface area contributed by atoms with Crippen LogP contribution in [0.5, 0.6) is 0 Å². The summed E-state index contributed by atoms with van der Waals surface area (Å²) in [6.45, 7) is 2.32. The second kappa shape index (κ2) is 15.7. The van der Waals surface area contributed by atoms with Gasteiger partial charge in [0.05, 0.1) is 11.4 Å². The molecule has 0 bridgehead atoms. The highest BCUT2D eigenvalue weighted by Gasteiger charge is 2.27. The molecule has 0 spiro atoms. The van der Waals surface area contributed by atoms with Crippen molar-refractivity contribution in [3.8, 4) is 17.3 Å². The summed E-state index contributed by atoms with van der Waals surface area (Å²) in [5.74, 6) is -0.0793. The number of nitrogens with one attached hydrogen (secondary N) is 1. The molecule has 14 heteroatoms. The monoisotopic (exact) mass is 660 g/mol. The Morgan fingerprint density at radius 1 is 1.02 bits per heavy atom. The Morgan fingerprint density at radius 3 is 2.43 bits per heavy atom. The lowest BCUT2D eigenvalue weighted by Crippen LogP contribution is -2.50. The van der Waals surface area contributed by atoms with E-state index in [1.807, 2.05) is 29.2 Å². The van der Waals surface area contributed by atoms with Crippen LogP contribution in [0.4, 0.5) is 16.3 Å². The molecule has 3 aromatic rings. The third-order valence-corrected chi connectivity index (χ3v) is 9.26. The van der Waals surface area contributed by atoms with Crippen LogP contribution in [0.3, 0.4) is 0 Å². The average Bonchev–Trinajstić information content (AvgIpc) is 3.10. The Hall–Kier alpha value is -4.74. The fourth-order valence-corrected chi connectivity index (χ4v) is 6.57. The molecule has 2 saturated heterocycles. The summed E-state index contributed by atoms with van der Waals surface area (Å²) in [4.78, 5) is 55.4. The third-order valence-electron chi connectivity index (χ3n) is 8.38. The van der Waals surface area contributed by atoms with Gasteiger partial charge in [-0.1, -0.05) is 30.0 Å². The summed E-state index contributed by atoms with van der Waals surface area (Å²) < 4.78 is 21.7. The molecule has 47 heavy (non-hydrogen) atoms. The lowest BCUT2D eigenvalue weighted by atomic mass is 9.96. The molecule has 0 aliphatic carbocycles. The summed E-state index contributed by atoms with van der Waals surface area (Å²) in [7, 11) is 0. The van der Waals surface area contributed by atoms with Crippen LogP contribution in [0.1, 0.15) is 47.2 Å². The molecule has 5 rings (SSSR count). The van der Waals surface area contributed by atoms with Crippen molar-refractivity contribution in [1.82, 2.24) is 29.7 Å². The number of nitriles is 1. The zero-order chi connectivity index (χ0) is 35.8. The van der Waals surface area contributed by atoms with E-state index in [1.54, 1.807) is 12.1 Å². The molecule has 2 aromatic heterocycles. The van der Waals surface area contributed by atoms with Crippen LogP contribution in [0.15, 0.2) is 47.6 Å². The molecule has 2 aliphatic heterocycles. The van der Waals surface area contributed by atoms with Crippen LogP contribution in [0.2, 0.25) is 0 Å². The van der Waals surface area contributed by atoms with E-state index in [9.17, 15) is 19.6 Å². The molecule has 13 nitrogen and oxygen atoms in total. The molecule has 2 aliphatic rings. The van der Waals surface area contributed by atoms with Crippen molar-refractivity contribution in [1.29, 1.82) is 5.26 Å². The fourth-order valence-electron chi connectivity index (χ4n) is 5.82. The highest BCUT2D eigenvalue weighted by molar-refractivity contribution is 7.98. The third kappa shape index (κ3) is 9.17. The molecule has 4 N–H and O–H groups in total. The minimum atomic E-state index is -2.78. The first kappa shape index (κ1) is 29.6. The number of carbonyl (C=O) groups is 3. The number of likely N-dealkylation sites (tertiary alicyclic amines) is 1. The van der Waals surface area contributed by atoms with E-state index in [-0.39, 0.29) is 23.0 Å². The van der Waals surface area contributed by atoms with Gasteiger partial charge < -0.3 is 26.0 Å². The minimum absolute atomic E-state index is 0.0157. The van der Waals surface area contributed by atoms with E-state index in [4.69, 9.17) is 19.9 Å². The molecule has 0 atom stereocenters. The lowest BCUT2D eigenvalue weighted by Gasteiger charge is -2.38. The number of carbonyl (C=O) groups excluding carboxylic acids is 2. The second-order valence-corrected chi connectivity index (χ2v) is 12.5. The number of piperazine rings is 1. The number of anilines is 2. The van der Waals surface area contributed by atoms with Crippen molar-refractivity contribution in [2.24, 2.45) is 5.92 Å². The second-order valence-electron chi connectivity index (χ2n) is 11.6. The predicted octanol–water partition coefficient (Wildman–Crippen LogP) is 3.71. The molecule has 1 aromatic carbocycles. The summed E-state index contributed by atoms with van der Waals surface area (Å²) in [5.41, 5.74) is 8.91. The van der Waals surface area contributed by atoms with Crippen molar-refractivity contribution in [2.45, 2.75) is 43.4 Å². The highest BCUT2D eigenvalue weighted by Crippen LogP contribution is 2.29. The number of piperidine rings is 1. The van der Waals surface area contributed by atoms with Gasteiger partial charge >= 0.3 is 6.09 Å². The number of carboxylic acid groups (broad SMARTS) is 1. The number of nitrogens with two attached hydrogens (primary N) is 1. The standard InChI is InChI=1S/C33H39N9O4S/c1-22(43)36-26-7-5-24(6-8-26)30-28(19-34)31(35)39-32(38-30)47-21-27-4-2-3-25(37-27)9-10-29(44)41-17-15-40(16-18-41)20-23-11-13-42(14-12-23)33(45)46/h2-8,23H,9-18,20-21H2,1H3,(H,36,43)(H,45,46)(H2,35,38,39)/i1D3. The van der Waals surface area contributed by atoms with E-state index in [1.165, 1.54) is 28.8 Å². The van der Waals surface area contributed by atoms with Crippen LogP contribution >= 0.6 is 11.8 Å². The largest absolute Gasteiger partial charge is 0.465 e. The maximum Gasteiger partial charge on any atom is 0.407 e. The normalized spacial score (nSPS) is 16.9. The Labute approximate surface area is 282 Å². The molecule has 0 saturated carbocycles. The van der Waals surface area contributed by atoms with E-state index in [0.29, 0.717) is 67.1 Å². The van der Waals surface area contributed by atoms with Crippen LogP contribution in [-0.2, 0) is 21.8 Å². The molecule has 3 amide bonds. The summed E-state index contributed by atoms with van der Waals surface area (Å²) in [6, 6.07) is 14.0. The van der Waals surface area contributed by atoms with Crippen LogP contribution in [-0.4, -0.2) is 98.5 Å². The summed E-state index contributed by atoms with van der Waals surface area (Å²) >= 11 is 1.30. The van der Waals surface area contributed by atoms with Gasteiger partial charge in [-0.2, -0.15) is 5.26 Å². The van der Waals surface area contributed by atoms with Crippen molar-refractivity contribution in [2.75, 3.05) is 56.9 Å². The zero-order valence-electron chi connectivity index (χ0n) is 28.9. The zero-order valence-corrected chi connectivity index (χ0v) is 26.7. The smallest absolute Gasteiger partial charge is 0.407 e. The molecule has 0 radical (unpaired) electrons. The van der Waals surface area contributed by atoms with Gasteiger partial charge in [0.1, 0.15) is 17.5 Å². The van der Waals surface area contributed by atoms with Crippen molar-refractivity contribution in [3.05, 3.63) is 59.4 Å².